The maximum absolute atomic E-state index is 11.6. The van der Waals surface area contributed by atoms with Crippen molar-refractivity contribution in [2.75, 3.05) is 18.5 Å². The fraction of sp³-hybridized carbons (Fsp3) is 0.467. The van der Waals surface area contributed by atoms with Crippen LogP contribution in [0.25, 0.3) is 0 Å². The van der Waals surface area contributed by atoms with Gasteiger partial charge < -0.3 is 15.4 Å². The van der Waals surface area contributed by atoms with Crippen LogP contribution in [-0.4, -0.2) is 25.0 Å². The summed E-state index contributed by atoms with van der Waals surface area (Å²) in [5, 5.41) is 5.11. The minimum atomic E-state index is -0.650. The van der Waals surface area contributed by atoms with Gasteiger partial charge in [-0.1, -0.05) is 20.3 Å². The van der Waals surface area contributed by atoms with E-state index in [-0.39, 0.29) is 0 Å². The third-order valence-corrected chi connectivity index (χ3v) is 2.61. The van der Waals surface area contributed by atoms with E-state index in [0.29, 0.717) is 18.8 Å². The van der Waals surface area contributed by atoms with Crippen LogP contribution in [0.1, 0.15) is 33.1 Å². The van der Waals surface area contributed by atoms with Crippen molar-refractivity contribution in [1.82, 2.24) is 5.32 Å². The van der Waals surface area contributed by atoms with E-state index < -0.39 is 11.8 Å². The number of hydrogen-bond donors (Lipinski definition) is 2. The van der Waals surface area contributed by atoms with Gasteiger partial charge in [0.1, 0.15) is 5.75 Å². The minimum absolute atomic E-state index is 0.520. The number of carbonyl (C=O) groups is 2. The lowest BCUT2D eigenvalue weighted by atomic mass is 10.3. The molecule has 0 bridgehead atoms. The number of benzene rings is 1. The highest BCUT2D eigenvalue weighted by atomic mass is 16.5. The second-order valence-corrected chi connectivity index (χ2v) is 4.44. The van der Waals surface area contributed by atoms with Gasteiger partial charge in [0.25, 0.3) is 0 Å². The number of nitrogens with one attached hydrogen (secondary N) is 2. The molecule has 0 unspecified atom stereocenters. The van der Waals surface area contributed by atoms with Crippen molar-refractivity contribution in [1.29, 1.82) is 0 Å². The zero-order valence-corrected chi connectivity index (χ0v) is 12.1. The number of amides is 2. The molecule has 0 aromatic heterocycles. The van der Waals surface area contributed by atoms with Crippen molar-refractivity contribution in [2.24, 2.45) is 0 Å². The number of unbranched alkanes of at least 4 members (excludes halogenated alkanes) is 1. The van der Waals surface area contributed by atoms with Gasteiger partial charge in [-0.3, -0.25) is 9.59 Å². The van der Waals surface area contributed by atoms with E-state index in [1.165, 1.54) is 0 Å². The highest BCUT2D eigenvalue weighted by Crippen LogP contribution is 2.15. The van der Waals surface area contributed by atoms with E-state index in [2.05, 4.69) is 10.6 Å². The lowest BCUT2D eigenvalue weighted by molar-refractivity contribution is -0.136. The van der Waals surface area contributed by atoms with Gasteiger partial charge in [-0.05, 0) is 37.1 Å². The summed E-state index contributed by atoms with van der Waals surface area (Å²) in [4.78, 5) is 23.1. The molecule has 0 atom stereocenters. The first kappa shape index (κ1) is 16.0. The van der Waals surface area contributed by atoms with Gasteiger partial charge in [-0.25, -0.2) is 0 Å². The molecular weight excluding hydrogens is 256 g/mol. The summed E-state index contributed by atoms with van der Waals surface area (Å²) in [6.07, 6.45) is 2.78. The first-order valence-electron chi connectivity index (χ1n) is 6.99. The van der Waals surface area contributed by atoms with E-state index in [9.17, 15) is 9.59 Å². The van der Waals surface area contributed by atoms with Gasteiger partial charge in [0, 0.05) is 12.2 Å². The van der Waals surface area contributed by atoms with Crippen LogP contribution >= 0.6 is 0 Å². The summed E-state index contributed by atoms with van der Waals surface area (Å²) in [6, 6.07) is 6.95. The fourth-order valence-corrected chi connectivity index (χ4v) is 1.50. The maximum Gasteiger partial charge on any atom is 0.313 e. The average Bonchev–Trinajstić information content (AvgIpc) is 2.46. The first-order chi connectivity index (χ1) is 9.67. The fourth-order valence-electron chi connectivity index (χ4n) is 1.50. The molecule has 0 spiro atoms. The Morgan fingerprint density at radius 2 is 1.75 bits per heavy atom. The lowest BCUT2D eigenvalue weighted by Crippen LogP contribution is -2.35. The molecule has 0 aliphatic carbocycles. The van der Waals surface area contributed by atoms with E-state index in [1.807, 2.05) is 13.8 Å². The Balaban J connectivity index is 2.43. The van der Waals surface area contributed by atoms with E-state index in [0.717, 1.165) is 25.0 Å². The molecule has 5 nitrogen and oxygen atoms in total. The maximum atomic E-state index is 11.6. The molecule has 1 aromatic rings. The molecule has 0 aliphatic rings. The largest absolute Gasteiger partial charge is 0.494 e. The Bertz CT molecular complexity index is 429. The van der Waals surface area contributed by atoms with E-state index in [1.54, 1.807) is 24.3 Å². The number of anilines is 1. The van der Waals surface area contributed by atoms with Crippen LogP contribution in [0.4, 0.5) is 5.69 Å². The Morgan fingerprint density at radius 3 is 2.35 bits per heavy atom. The molecule has 0 radical (unpaired) electrons. The van der Waals surface area contributed by atoms with Crippen molar-refractivity contribution in [3.8, 4) is 5.75 Å². The van der Waals surface area contributed by atoms with Gasteiger partial charge in [0.2, 0.25) is 0 Å². The van der Waals surface area contributed by atoms with Crippen molar-refractivity contribution < 1.29 is 14.3 Å². The van der Waals surface area contributed by atoms with Crippen LogP contribution in [0.2, 0.25) is 0 Å². The van der Waals surface area contributed by atoms with Gasteiger partial charge in [0.15, 0.2) is 0 Å². The monoisotopic (exact) mass is 278 g/mol. The zero-order chi connectivity index (χ0) is 14.8. The molecule has 20 heavy (non-hydrogen) atoms. The number of hydrogen-bond acceptors (Lipinski definition) is 3. The predicted octanol–water partition coefficient (Wildman–Crippen LogP) is 2.33. The molecule has 1 rings (SSSR count). The normalized spacial score (nSPS) is 9.90. The van der Waals surface area contributed by atoms with Gasteiger partial charge >= 0.3 is 11.8 Å². The summed E-state index contributed by atoms with van der Waals surface area (Å²) >= 11 is 0. The van der Waals surface area contributed by atoms with Crippen LogP contribution in [-0.2, 0) is 9.59 Å². The topological polar surface area (TPSA) is 67.4 Å². The molecule has 1 aromatic carbocycles. The highest BCUT2D eigenvalue weighted by Gasteiger charge is 2.12. The highest BCUT2D eigenvalue weighted by molar-refractivity contribution is 6.39. The van der Waals surface area contributed by atoms with Gasteiger partial charge in [-0.2, -0.15) is 0 Å². The van der Waals surface area contributed by atoms with Gasteiger partial charge in [0.05, 0.1) is 6.61 Å². The van der Waals surface area contributed by atoms with Crippen LogP contribution in [0.15, 0.2) is 24.3 Å². The molecule has 0 saturated heterocycles. The van der Waals surface area contributed by atoms with Crippen LogP contribution in [0, 0.1) is 0 Å². The predicted molar refractivity (Wildman–Crippen MR) is 78.8 cm³/mol. The third-order valence-electron chi connectivity index (χ3n) is 2.61. The van der Waals surface area contributed by atoms with Crippen molar-refractivity contribution in [3.63, 3.8) is 0 Å². The molecule has 110 valence electrons. The average molecular weight is 278 g/mol. The molecule has 0 fully saturated rings. The second kappa shape index (κ2) is 8.96. The minimum Gasteiger partial charge on any atom is -0.494 e. The molecule has 5 heteroatoms. The van der Waals surface area contributed by atoms with Gasteiger partial charge in [-0.15, -0.1) is 0 Å². The van der Waals surface area contributed by atoms with Crippen molar-refractivity contribution in [2.45, 2.75) is 33.1 Å². The van der Waals surface area contributed by atoms with Crippen molar-refractivity contribution >= 4 is 17.5 Å². The van der Waals surface area contributed by atoms with Crippen molar-refractivity contribution in [3.05, 3.63) is 24.3 Å². The van der Waals surface area contributed by atoms with Crippen LogP contribution in [0.5, 0.6) is 5.75 Å². The quantitative estimate of drug-likeness (QED) is 0.594. The molecule has 2 amide bonds. The summed E-state index contributed by atoms with van der Waals surface area (Å²) in [5.74, 6) is -0.509. The summed E-state index contributed by atoms with van der Waals surface area (Å²) in [5.41, 5.74) is 0.574. The molecule has 2 N–H and O–H groups in total. The first-order valence-corrected chi connectivity index (χ1v) is 6.99. The smallest absolute Gasteiger partial charge is 0.313 e. The molecule has 0 aliphatic heterocycles. The van der Waals surface area contributed by atoms with E-state index in [4.69, 9.17) is 4.74 Å². The Labute approximate surface area is 119 Å². The Kier molecular flexibility index (Phi) is 7.17. The number of rotatable bonds is 7. The standard InChI is InChI=1S/C15H22N2O3/c1-3-5-10-16-14(18)15(19)17-12-6-8-13(9-7-12)20-11-4-2/h6-9H,3-5,10-11H2,1-2H3,(H,16,18)(H,17,19). The summed E-state index contributed by atoms with van der Waals surface area (Å²) < 4.78 is 5.44. The zero-order valence-electron chi connectivity index (χ0n) is 12.1. The van der Waals surface area contributed by atoms with Crippen LogP contribution < -0.4 is 15.4 Å². The molecule has 0 saturated carbocycles. The third kappa shape index (κ3) is 5.73. The van der Waals surface area contributed by atoms with E-state index >= 15 is 0 Å². The second-order valence-electron chi connectivity index (χ2n) is 4.44. The molecular formula is C15H22N2O3. The Morgan fingerprint density at radius 1 is 1.05 bits per heavy atom. The Hall–Kier alpha value is -2.04. The van der Waals surface area contributed by atoms with Crippen LogP contribution in [0.3, 0.4) is 0 Å². The number of ether oxygens (including phenoxy) is 1. The SMILES string of the molecule is CCCCNC(=O)C(=O)Nc1ccc(OCCC)cc1. The summed E-state index contributed by atoms with van der Waals surface area (Å²) in [7, 11) is 0. The summed E-state index contributed by atoms with van der Waals surface area (Å²) in [6.45, 7) is 5.23. The molecule has 0 heterocycles. The lowest BCUT2D eigenvalue weighted by Gasteiger charge is -2.08. The number of carbonyl (C=O) groups excluding carboxylic acids is 2.